The van der Waals surface area contributed by atoms with E-state index >= 15 is 0 Å². The van der Waals surface area contributed by atoms with Crippen molar-refractivity contribution in [1.29, 1.82) is 0 Å². The van der Waals surface area contributed by atoms with Crippen LogP contribution in [0.25, 0.3) is 0 Å². The van der Waals surface area contributed by atoms with Crippen molar-refractivity contribution in [1.82, 2.24) is 0 Å². The molecule has 0 heterocycles. The second kappa shape index (κ2) is 8.80. The fourth-order valence-electron chi connectivity index (χ4n) is 2.41. The van der Waals surface area contributed by atoms with Crippen molar-refractivity contribution < 1.29 is 18.8 Å². The molecule has 0 bridgehead atoms. The van der Waals surface area contributed by atoms with Crippen molar-refractivity contribution >= 4 is 27.5 Å². The van der Waals surface area contributed by atoms with Gasteiger partial charge in [-0.3, -0.25) is 4.79 Å². The number of nitrogens with one attached hydrogen (secondary N) is 2. The summed E-state index contributed by atoms with van der Waals surface area (Å²) in [5.74, 6) is -0.237. The summed E-state index contributed by atoms with van der Waals surface area (Å²) in [7, 11) is 1.44. The van der Waals surface area contributed by atoms with Gasteiger partial charge in [-0.05, 0) is 53.2 Å². The van der Waals surface area contributed by atoms with Crippen molar-refractivity contribution in [2.75, 3.05) is 25.5 Å². The van der Waals surface area contributed by atoms with E-state index in [0.717, 1.165) is 27.2 Å². The summed E-state index contributed by atoms with van der Waals surface area (Å²) in [4.78, 5) is 13.3. The number of anilines is 1. The summed E-state index contributed by atoms with van der Waals surface area (Å²) >= 11 is 3.41. The number of rotatable bonds is 7. The number of methoxy groups -OCH3 is 1. The van der Waals surface area contributed by atoms with Gasteiger partial charge in [0.15, 0.2) is 18.1 Å². The number of quaternary nitrogens is 1. The van der Waals surface area contributed by atoms with Gasteiger partial charge in [-0.2, -0.15) is 0 Å². The number of hydrogen-bond donors (Lipinski definition) is 2. The minimum atomic E-state index is -0.386. The number of halogens is 2. The standard InChI is InChI=1S/C18H20BrFN2O2/c1-3-22(11-13-8-9-17(24-2)15(20)10-13)12-18(23)21-16-7-5-4-6-14(16)19/h4-10H,3,11-12H2,1-2H3,(H,21,23)/p+1. The molecular formula is C18H21BrFN2O2+. The number of para-hydroxylation sites is 1. The smallest absolute Gasteiger partial charge is 0.279 e. The highest BCUT2D eigenvalue weighted by Crippen LogP contribution is 2.20. The van der Waals surface area contributed by atoms with Crippen LogP contribution in [0.3, 0.4) is 0 Å². The van der Waals surface area contributed by atoms with Crippen LogP contribution in [0, 0.1) is 5.82 Å². The molecule has 2 aromatic carbocycles. The molecule has 0 radical (unpaired) electrons. The van der Waals surface area contributed by atoms with Gasteiger partial charge in [-0.15, -0.1) is 0 Å². The first kappa shape index (κ1) is 18.4. The lowest BCUT2D eigenvalue weighted by Gasteiger charge is -2.18. The molecule has 0 saturated heterocycles. The molecule has 24 heavy (non-hydrogen) atoms. The molecule has 6 heteroatoms. The van der Waals surface area contributed by atoms with E-state index in [4.69, 9.17) is 4.74 Å². The molecule has 1 unspecified atom stereocenters. The van der Waals surface area contributed by atoms with Crippen molar-refractivity contribution in [2.24, 2.45) is 0 Å². The predicted molar refractivity (Wildman–Crippen MR) is 95.8 cm³/mol. The van der Waals surface area contributed by atoms with E-state index in [-0.39, 0.29) is 17.5 Å². The fraction of sp³-hybridized carbons (Fsp3) is 0.278. The van der Waals surface area contributed by atoms with Gasteiger partial charge in [-0.25, -0.2) is 4.39 Å². The first-order valence-electron chi connectivity index (χ1n) is 7.73. The Morgan fingerprint density at radius 2 is 2.04 bits per heavy atom. The molecule has 0 aliphatic heterocycles. The Balaban J connectivity index is 1.97. The summed E-state index contributed by atoms with van der Waals surface area (Å²) in [6, 6.07) is 12.4. The zero-order valence-electron chi connectivity index (χ0n) is 13.7. The highest BCUT2D eigenvalue weighted by atomic mass is 79.9. The van der Waals surface area contributed by atoms with Crippen LogP contribution in [0.2, 0.25) is 0 Å². The van der Waals surface area contributed by atoms with Crippen LogP contribution in [-0.4, -0.2) is 26.1 Å². The Labute approximate surface area is 149 Å². The van der Waals surface area contributed by atoms with Crippen LogP contribution in [0.15, 0.2) is 46.9 Å². The topological polar surface area (TPSA) is 42.8 Å². The number of hydrogen-bond acceptors (Lipinski definition) is 2. The average molecular weight is 396 g/mol. The number of carbonyl (C=O) groups is 1. The number of carbonyl (C=O) groups excluding carboxylic acids is 1. The van der Waals surface area contributed by atoms with E-state index < -0.39 is 0 Å². The third kappa shape index (κ3) is 5.04. The van der Waals surface area contributed by atoms with Gasteiger partial charge in [0.05, 0.1) is 19.3 Å². The quantitative estimate of drug-likeness (QED) is 0.756. The Bertz CT molecular complexity index is 709. The van der Waals surface area contributed by atoms with Crippen molar-refractivity contribution in [3.8, 4) is 5.75 Å². The minimum Gasteiger partial charge on any atom is -0.494 e. The first-order valence-corrected chi connectivity index (χ1v) is 8.53. The van der Waals surface area contributed by atoms with E-state index in [1.54, 1.807) is 6.07 Å². The zero-order valence-corrected chi connectivity index (χ0v) is 15.3. The lowest BCUT2D eigenvalue weighted by atomic mass is 10.2. The van der Waals surface area contributed by atoms with Gasteiger partial charge >= 0.3 is 0 Å². The van der Waals surface area contributed by atoms with Gasteiger partial charge in [-0.1, -0.05) is 12.1 Å². The van der Waals surface area contributed by atoms with Crippen LogP contribution < -0.4 is 15.0 Å². The molecule has 0 aliphatic carbocycles. The maximum absolute atomic E-state index is 13.8. The van der Waals surface area contributed by atoms with Crippen LogP contribution >= 0.6 is 15.9 Å². The van der Waals surface area contributed by atoms with Crippen LogP contribution in [0.1, 0.15) is 12.5 Å². The van der Waals surface area contributed by atoms with E-state index in [1.807, 2.05) is 37.3 Å². The van der Waals surface area contributed by atoms with Crippen molar-refractivity contribution in [2.45, 2.75) is 13.5 Å². The molecule has 2 N–H and O–H groups in total. The van der Waals surface area contributed by atoms with E-state index in [9.17, 15) is 9.18 Å². The van der Waals surface area contributed by atoms with Gasteiger partial charge in [0.25, 0.3) is 5.91 Å². The van der Waals surface area contributed by atoms with E-state index in [2.05, 4.69) is 21.2 Å². The Kier molecular flexibility index (Phi) is 6.75. The summed E-state index contributed by atoms with van der Waals surface area (Å²) in [5, 5.41) is 2.89. The number of ether oxygens (including phenoxy) is 1. The molecule has 0 fully saturated rings. The third-order valence-electron chi connectivity index (χ3n) is 3.73. The largest absolute Gasteiger partial charge is 0.494 e. The number of amides is 1. The Hall–Kier alpha value is -1.92. The van der Waals surface area contributed by atoms with E-state index in [1.165, 1.54) is 13.2 Å². The zero-order chi connectivity index (χ0) is 17.5. The first-order chi connectivity index (χ1) is 11.5. The monoisotopic (exact) mass is 395 g/mol. The van der Waals surface area contributed by atoms with Crippen LogP contribution in [-0.2, 0) is 11.3 Å². The normalized spacial score (nSPS) is 11.8. The highest BCUT2D eigenvalue weighted by molar-refractivity contribution is 9.10. The van der Waals surface area contributed by atoms with Crippen LogP contribution in [0.4, 0.5) is 10.1 Å². The van der Waals surface area contributed by atoms with E-state index in [0.29, 0.717) is 13.1 Å². The molecule has 0 aromatic heterocycles. The summed E-state index contributed by atoms with van der Waals surface area (Å²) in [6.07, 6.45) is 0. The molecule has 1 atom stereocenters. The minimum absolute atomic E-state index is 0.0762. The SMILES string of the molecule is CC[NH+](CC(=O)Nc1ccccc1Br)Cc1ccc(OC)c(F)c1. The average Bonchev–Trinajstić information content (AvgIpc) is 2.56. The fourth-order valence-corrected chi connectivity index (χ4v) is 2.79. The second-order valence-electron chi connectivity index (χ2n) is 5.45. The second-order valence-corrected chi connectivity index (χ2v) is 6.31. The summed E-state index contributed by atoms with van der Waals surface area (Å²) in [6.45, 7) is 3.64. The Morgan fingerprint density at radius 1 is 1.29 bits per heavy atom. The van der Waals surface area contributed by atoms with Gasteiger partial charge < -0.3 is 15.0 Å². The number of likely N-dealkylation sites (N-methyl/N-ethyl adjacent to an activating group) is 1. The molecule has 4 nitrogen and oxygen atoms in total. The third-order valence-corrected chi connectivity index (χ3v) is 4.42. The van der Waals surface area contributed by atoms with Crippen molar-refractivity contribution in [3.63, 3.8) is 0 Å². The number of benzene rings is 2. The Morgan fingerprint density at radius 3 is 2.67 bits per heavy atom. The van der Waals surface area contributed by atoms with Gasteiger partial charge in [0, 0.05) is 10.0 Å². The molecule has 0 aliphatic rings. The summed E-state index contributed by atoms with van der Waals surface area (Å²) in [5.41, 5.74) is 1.58. The molecule has 0 saturated carbocycles. The lowest BCUT2D eigenvalue weighted by molar-refractivity contribution is -0.903. The lowest BCUT2D eigenvalue weighted by Crippen LogP contribution is -3.11. The van der Waals surface area contributed by atoms with Gasteiger partial charge in [0.2, 0.25) is 0 Å². The molecule has 1 amide bonds. The molecule has 0 spiro atoms. The maximum Gasteiger partial charge on any atom is 0.279 e. The molecule has 2 aromatic rings. The molecule has 2 rings (SSSR count). The van der Waals surface area contributed by atoms with Gasteiger partial charge in [0.1, 0.15) is 6.54 Å². The highest BCUT2D eigenvalue weighted by Gasteiger charge is 2.15. The predicted octanol–water partition coefficient (Wildman–Crippen LogP) is 2.64. The maximum atomic E-state index is 13.8. The molecule has 128 valence electrons. The molecular weight excluding hydrogens is 375 g/mol. The van der Waals surface area contributed by atoms with Crippen molar-refractivity contribution in [3.05, 3.63) is 58.3 Å². The van der Waals surface area contributed by atoms with Crippen LogP contribution in [0.5, 0.6) is 5.75 Å². The summed E-state index contributed by atoms with van der Waals surface area (Å²) < 4.78 is 19.5.